The summed E-state index contributed by atoms with van der Waals surface area (Å²) in [4.78, 5) is 4.61. The number of benzene rings is 1. The quantitative estimate of drug-likeness (QED) is 0.677. The predicted molar refractivity (Wildman–Crippen MR) is 79.9 cm³/mol. The van der Waals surface area contributed by atoms with E-state index in [9.17, 15) is 5.11 Å². The number of aliphatic hydroxyl groups is 1. The Morgan fingerprint density at radius 3 is 2.89 bits per heavy atom. The molecule has 1 atom stereocenters. The summed E-state index contributed by atoms with van der Waals surface area (Å²) in [5.41, 5.74) is 1.45. The number of aromatic nitrogens is 1. The molecule has 1 heterocycles. The molecule has 0 aliphatic heterocycles. The Morgan fingerprint density at radius 2 is 2.22 bits per heavy atom. The molecule has 0 aliphatic carbocycles. The van der Waals surface area contributed by atoms with Gasteiger partial charge in [0.25, 0.3) is 0 Å². The fraction of sp³-hybridized carbons (Fsp3) is 0.357. The Labute approximate surface area is 118 Å². The molecule has 0 amide bonds. The second kappa shape index (κ2) is 5.54. The van der Waals surface area contributed by atoms with Gasteiger partial charge in [0.15, 0.2) is 0 Å². The van der Waals surface area contributed by atoms with E-state index in [0.717, 1.165) is 20.3 Å². The first-order valence-electron chi connectivity index (χ1n) is 5.81. The molecule has 0 aliphatic rings. The molecule has 1 unspecified atom stereocenters. The third-order valence-corrected chi connectivity index (χ3v) is 6.75. The SMILES string of the molecule is C=C(C)CC(C)(O)C[Se]c1nc2ccccc2s1. The number of hydrogen-bond acceptors (Lipinski definition) is 3. The van der Waals surface area contributed by atoms with E-state index in [2.05, 4.69) is 17.6 Å². The number of para-hydroxylation sites is 1. The zero-order valence-corrected chi connectivity index (χ0v) is 13.2. The van der Waals surface area contributed by atoms with Crippen LogP contribution >= 0.6 is 11.3 Å². The van der Waals surface area contributed by atoms with Gasteiger partial charge in [-0.3, -0.25) is 0 Å². The molecule has 0 saturated carbocycles. The van der Waals surface area contributed by atoms with Crippen molar-refractivity contribution in [2.45, 2.75) is 31.2 Å². The fourth-order valence-corrected chi connectivity index (χ4v) is 5.30. The van der Waals surface area contributed by atoms with E-state index in [1.807, 2.05) is 32.0 Å². The molecule has 0 fully saturated rings. The number of thiazole rings is 1. The summed E-state index contributed by atoms with van der Waals surface area (Å²) >= 11 is 1.96. The molecular formula is C14H17NOSSe. The van der Waals surface area contributed by atoms with Gasteiger partial charge in [0, 0.05) is 0 Å². The van der Waals surface area contributed by atoms with E-state index in [1.54, 1.807) is 11.3 Å². The Morgan fingerprint density at radius 1 is 1.50 bits per heavy atom. The molecule has 2 nitrogen and oxygen atoms in total. The summed E-state index contributed by atoms with van der Waals surface area (Å²) in [6.45, 7) is 7.71. The summed E-state index contributed by atoms with van der Waals surface area (Å²) in [6.07, 6.45) is 0.666. The first-order valence-corrected chi connectivity index (χ1v) is 8.70. The van der Waals surface area contributed by atoms with E-state index in [4.69, 9.17) is 0 Å². The molecule has 2 rings (SSSR count). The van der Waals surface area contributed by atoms with E-state index in [-0.39, 0.29) is 15.0 Å². The van der Waals surface area contributed by atoms with E-state index < -0.39 is 5.60 Å². The van der Waals surface area contributed by atoms with Crippen LogP contribution in [0.5, 0.6) is 0 Å². The van der Waals surface area contributed by atoms with Crippen LogP contribution in [0.1, 0.15) is 20.3 Å². The van der Waals surface area contributed by atoms with Crippen molar-refractivity contribution in [3.8, 4) is 0 Å². The van der Waals surface area contributed by atoms with E-state index >= 15 is 0 Å². The monoisotopic (exact) mass is 327 g/mol. The van der Waals surface area contributed by atoms with Gasteiger partial charge in [0.05, 0.1) is 0 Å². The van der Waals surface area contributed by atoms with Crippen molar-refractivity contribution >= 4 is 40.4 Å². The number of hydrogen-bond donors (Lipinski definition) is 1. The molecule has 1 aromatic heterocycles. The number of nitrogens with zero attached hydrogens (tertiary/aromatic N) is 1. The molecule has 96 valence electrons. The average molecular weight is 326 g/mol. The van der Waals surface area contributed by atoms with Gasteiger partial charge in [-0.2, -0.15) is 0 Å². The molecule has 2 aromatic rings. The van der Waals surface area contributed by atoms with Gasteiger partial charge in [0.1, 0.15) is 0 Å². The standard InChI is InChI=1S/C14H17NOSSe/c1-10(2)8-14(3,16)9-18-13-15-11-6-4-5-7-12(11)17-13/h4-7,16H,1,8-9H2,2-3H3. The Bertz CT molecular complexity index is 529. The average Bonchev–Trinajstić information content (AvgIpc) is 2.67. The van der Waals surface area contributed by atoms with Crippen molar-refractivity contribution in [2.24, 2.45) is 0 Å². The second-order valence-corrected chi connectivity index (χ2v) is 8.50. The van der Waals surface area contributed by atoms with Gasteiger partial charge >= 0.3 is 118 Å². The minimum absolute atomic E-state index is 0.225. The fourth-order valence-electron chi connectivity index (χ4n) is 1.83. The molecule has 0 spiro atoms. The van der Waals surface area contributed by atoms with Crippen molar-refractivity contribution in [2.75, 3.05) is 0 Å². The zero-order chi connectivity index (χ0) is 13.2. The van der Waals surface area contributed by atoms with Crippen LogP contribution < -0.4 is 3.91 Å². The zero-order valence-electron chi connectivity index (χ0n) is 10.6. The molecule has 0 saturated heterocycles. The minimum atomic E-state index is -0.649. The topological polar surface area (TPSA) is 33.1 Å². The third-order valence-electron chi connectivity index (χ3n) is 2.46. The van der Waals surface area contributed by atoms with Gasteiger partial charge < -0.3 is 0 Å². The summed E-state index contributed by atoms with van der Waals surface area (Å²) in [5, 5.41) is 11.0. The van der Waals surface area contributed by atoms with E-state index in [1.165, 1.54) is 4.70 Å². The van der Waals surface area contributed by atoms with Gasteiger partial charge in [-0.15, -0.1) is 0 Å². The Kier molecular flexibility index (Phi) is 4.23. The second-order valence-electron chi connectivity index (χ2n) is 4.87. The Balaban J connectivity index is 2.03. The van der Waals surface area contributed by atoms with Crippen LogP contribution in [0.3, 0.4) is 0 Å². The van der Waals surface area contributed by atoms with Gasteiger partial charge in [-0.1, -0.05) is 0 Å². The van der Waals surface area contributed by atoms with E-state index in [0.29, 0.717) is 6.42 Å². The van der Waals surface area contributed by atoms with Crippen LogP contribution in [0.4, 0.5) is 0 Å². The number of fused-ring (bicyclic) bond motifs is 1. The van der Waals surface area contributed by atoms with Crippen LogP contribution in [0, 0.1) is 0 Å². The molecule has 1 N–H and O–H groups in total. The Hall–Kier alpha value is -0.671. The van der Waals surface area contributed by atoms with Crippen molar-refractivity contribution in [1.82, 2.24) is 4.98 Å². The number of rotatable bonds is 5. The first kappa shape index (κ1) is 13.8. The van der Waals surface area contributed by atoms with Crippen molar-refractivity contribution in [3.63, 3.8) is 0 Å². The van der Waals surface area contributed by atoms with Gasteiger partial charge in [0.2, 0.25) is 0 Å². The van der Waals surface area contributed by atoms with Crippen LogP contribution in [0.2, 0.25) is 5.32 Å². The third kappa shape index (κ3) is 3.66. The molecule has 1 aromatic carbocycles. The van der Waals surface area contributed by atoms with Crippen molar-refractivity contribution in [1.29, 1.82) is 0 Å². The van der Waals surface area contributed by atoms with Gasteiger partial charge in [-0.05, 0) is 0 Å². The van der Waals surface area contributed by atoms with Crippen LogP contribution in [-0.4, -0.2) is 30.6 Å². The van der Waals surface area contributed by atoms with Crippen LogP contribution in [0.25, 0.3) is 10.2 Å². The summed E-state index contributed by atoms with van der Waals surface area (Å²) in [6, 6.07) is 8.18. The first-order chi connectivity index (χ1) is 8.46. The van der Waals surface area contributed by atoms with Crippen molar-refractivity contribution in [3.05, 3.63) is 36.4 Å². The maximum absolute atomic E-state index is 10.3. The predicted octanol–water partition coefficient (Wildman–Crippen LogP) is 2.76. The normalized spacial score (nSPS) is 14.6. The van der Waals surface area contributed by atoms with Gasteiger partial charge in [-0.25, -0.2) is 0 Å². The summed E-state index contributed by atoms with van der Waals surface area (Å²) in [7, 11) is 0. The van der Waals surface area contributed by atoms with Crippen LogP contribution in [-0.2, 0) is 0 Å². The molecule has 4 heteroatoms. The summed E-state index contributed by atoms with van der Waals surface area (Å²) in [5.74, 6) is 0. The molecule has 0 bridgehead atoms. The molecular weight excluding hydrogens is 309 g/mol. The summed E-state index contributed by atoms with van der Waals surface area (Å²) < 4.78 is 2.39. The molecule has 0 radical (unpaired) electrons. The van der Waals surface area contributed by atoms with Crippen molar-refractivity contribution < 1.29 is 5.11 Å². The van der Waals surface area contributed by atoms with Crippen LogP contribution in [0.15, 0.2) is 36.4 Å². The molecule has 18 heavy (non-hydrogen) atoms. The maximum atomic E-state index is 10.3.